The lowest BCUT2D eigenvalue weighted by Gasteiger charge is -2.10. The van der Waals surface area contributed by atoms with Crippen molar-refractivity contribution in [2.75, 3.05) is 0 Å². The van der Waals surface area contributed by atoms with Crippen molar-refractivity contribution in [2.45, 2.75) is 39.5 Å². The van der Waals surface area contributed by atoms with Gasteiger partial charge in [-0.15, -0.1) is 5.10 Å². The molecule has 0 aliphatic rings. The molecule has 4 rings (SSSR count). The lowest BCUT2D eigenvalue weighted by atomic mass is 10.1. The van der Waals surface area contributed by atoms with Gasteiger partial charge in [0.2, 0.25) is 5.76 Å². The first-order valence-corrected chi connectivity index (χ1v) is 9.17. The Morgan fingerprint density at radius 1 is 1.23 bits per heavy atom. The van der Waals surface area contributed by atoms with Crippen molar-refractivity contribution >= 4 is 11.7 Å². The number of alkyl halides is 3. The predicted octanol–water partition coefficient (Wildman–Crippen LogP) is 3.68. The molecule has 31 heavy (non-hydrogen) atoms. The van der Waals surface area contributed by atoms with Gasteiger partial charge in [-0.3, -0.25) is 4.79 Å². The second-order valence-electron chi connectivity index (χ2n) is 6.73. The van der Waals surface area contributed by atoms with E-state index in [4.69, 9.17) is 13.7 Å². The van der Waals surface area contributed by atoms with E-state index in [1.54, 1.807) is 32.0 Å². The van der Waals surface area contributed by atoms with Gasteiger partial charge in [-0.25, -0.2) is 9.50 Å². The van der Waals surface area contributed by atoms with Gasteiger partial charge in [0.1, 0.15) is 12.3 Å². The number of aryl methyl sites for hydroxylation is 2. The monoisotopic (exact) mass is 435 g/mol. The summed E-state index contributed by atoms with van der Waals surface area (Å²) < 4.78 is 55.2. The van der Waals surface area contributed by atoms with Crippen molar-refractivity contribution in [3.63, 3.8) is 0 Å². The molecule has 0 aliphatic carbocycles. The number of carbonyl (C=O) groups excluding carboxylic acids is 1. The Balaban J connectivity index is 1.40. The molecule has 9 nitrogen and oxygen atoms in total. The van der Waals surface area contributed by atoms with Gasteiger partial charge in [0, 0.05) is 23.9 Å². The van der Waals surface area contributed by atoms with E-state index in [1.807, 2.05) is 0 Å². The molecule has 0 atom stereocenters. The lowest BCUT2D eigenvalue weighted by molar-refractivity contribution is -0.145. The maximum absolute atomic E-state index is 12.9. The molecule has 162 valence electrons. The van der Waals surface area contributed by atoms with Crippen LogP contribution in [0, 0.1) is 13.8 Å². The van der Waals surface area contributed by atoms with Crippen LogP contribution in [0.2, 0.25) is 0 Å². The summed E-state index contributed by atoms with van der Waals surface area (Å²) in [6.07, 6.45) is -2.96. The van der Waals surface area contributed by atoms with E-state index in [0.717, 1.165) is 4.52 Å². The summed E-state index contributed by atoms with van der Waals surface area (Å²) in [7, 11) is 0. The molecule has 0 saturated carbocycles. The lowest BCUT2D eigenvalue weighted by Crippen LogP contribution is -2.11. The Morgan fingerprint density at radius 2 is 2.03 bits per heavy atom. The summed E-state index contributed by atoms with van der Waals surface area (Å²) in [4.78, 5) is 19.6. The van der Waals surface area contributed by atoms with Gasteiger partial charge in [0.15, 0.2) is 5.76 Å². The molecule has 0 unspecified atom stereocenters. The van der Waals surface area contributed by atoms with E-state index >= 15 is 0 Å². The molecule has 0 N–H and O–H groups in total. The number of ether oxygens (including phenoxy) is 1. The number of halogens is 3. The van der Waals surface area contributed by atoms with Crippen molar-refractivity contribution in [3.05, 3.63) is 52.9 Å². The number of esters is 1. The zero-order valence-corrected chi connectivity index (χ0v) is 16.4. The minimum atomic E-state index is -4.67. The van der Waals surface area contributed by atoms with E-state index in [-0.39, 0.29) is 25.2 Å². The maximum atomic E-state index is 12.9. The van der Waals surface area contributed by atoms with Crippen LogP contribution in [0.3, 0.4) is 0 Å². The number of nitrogens with zero attached hydrogens (tertiary/aromatic N) is 5. The molecule has 0 saturated heterocycles. The summed E-state index contributed by atoms with van der Waals surface area (Å²) in [5.41, 5.74) is 1.92. The Hall–Kier alpha value is -3.70. The Morgan fingerprint density at radius 3 is 2.74 bits per heavy atom. The van der Waals surface area contributed by atoms with E-state index in [9.17, 15) is 18.0 Å². The van der Waals surface area contributed by atoms with Gasteiger partial charge in [-0.05, 0) is 38.0 Å². The Kier molecular flexibility index (Phi) is 5.21. The van der Waals surface area contributed by atoms with E-state index in [0.29, 0.717) is 34.2 Å². The van der Waals surface area contributed by atoms with Crippen LogP contribution in [-0.2, 0) is 28.7 Å². The van der Waals surface area contributed by atoms with Crippen LogP contribution in [0.25, 0.3) is 17.3 Å². The number of hydrogen-bond acceptors (Lipinski definition) is 8. The molecule has 0 spiro atoms. The normalized spacial score (nSPS) is 11.9. The van der Waals surface area contributed by atoms with Crippen molar-refractivity contribution in [3.8, 4) is 11.5 Å². The summed E-state index contributed by atoms with van der Waals surface area (Å²) >= 11 is 0. The highest BCUT2D eigenvalue weighted by Gasteiger charge is 2.37. The smallest absolute Gasteiger partial charge is 0.453 e. The van der Waals surface area contributed by atoms with Crippen LogP contribution in [0.1, 0.15) is 34.9 Å². The van der Waals surface area contributed by atoms with Crippen LogP contribution in [-0.4, -0.2) is 30.7 Å². The molecule has 4 heterocycles. The van der Waals surface area contributed by atoms with Crippen molar-refractivity contribution < 1.29 is 31.6 Å². The quantitative estimate of drug-likeness (QED) is 0.422. The molecule has 0 bridgehead atoms. The number of fused-ring (bicyclic) bond motifs is 1. The van der Waals surface area contributed by atoms with Gasteiger partial charge in [0.05, 0.1) is 6.26 Å². The minimum Gasteiger partial charge on any atom is -0.461 e. The molecule has 0 aliphatic heterocycles. The van der Waals surface area contributed by atoms with Crippen molar-refractivity contribution in [1.29, 1.82) is 0 Å². The highest BCUT2D eigenvalue weighted by Crippen LogP contribution is 2.27. The first-order valence-electron chi connectivity index (χ1n) is 9.17. The number of furan rings is 1. The molecule has 0 fully saturated rings. The highest BCUT2D eigenvalue weighted by atomic mass is 19.4. The minimum absolute atomic E-state index is 0.00140. The van der Waals surface area contributed by atoms with Gasteiger partial charge in [-0.2, -0.15) is 18.2 Å². The fraction of sp³-hybridized carbons (Fsp3) is 0.316. The first-order chi connectivity index (χ1) is 14.7. The average molecular weight is 435 g/mol. The van der Waals surface area contributed by atoms with Gasteiger partial charge < -0.3 is 13.7 Å². The number of hydrogen-bond donors (Lipinski definition) is 0. The number of aromatic nitrogens is 5. The van der Waals surface area contributed by atoms with Crippen LogP contribution < -0.4 is 0 Å². The van der Waals surface area contributed by atoms with E-state index < -0.39 is 18.0 Å². The van der Waals surface area contributed by atoms with Gasteiger partial charge >= 0.3 is 12.1 Å². The van der Waals surface area contributed by atoms with Gasteiger partial charge in [-0.1, -0.05) is 5.16 Å². The Bertz CT molecular complexity index is 1230. The van der Waals surface area contributed by atoms with Crippen LogP contribution in [0.5, 0.6) is 0 Å². The Labute approximate surface area is 172 Å². The standard InChI is InChI=1S/C19H16F3N5O4/c1-10-13(11(2)27-18(23-10)24-17(25-27)19(20,21)22)5-6-16(28)30-9-12-8-15(31-26-12)14-4-3-7-29-14/h3-4,7-8H,5-6,9H2,1-2H3. The third-order valence-corrected chi connectivity index (χ3v) is 4.59. The zero-order chi connectivity index (χ0) is 22.2. The van der Waals surface area contributed by atoms with Gasteiger partial charge in [0.25, 0.3) is 11.6 Å². The topological polar surface area (TPSA) is 109 Å². The third-order valence-electron chi connectivity index (χ3n) is 4.59. The number of rotatable bonds is 6. The van der Waals surface area contributed by atoms with Crippen LogP contribution in [0.15, 0.2) is 33.4 Å². The molecular weight excluding hydrogens is 419 g/mol. The van der Waals surface area contributed by atoms with Crippen molar-refractivity contribution in [1.82, 2.24) is 24.7 Å². The molecule has 4 aromatic heterocycles. The molecule has 0 aromatic carbocycles. The fourth-order valence-corrected chi connectivity index (χ4v) is 3.06. The maximum Gasteiger partial charge on any atom is 0.453 e. The molecule has 12 heteroatoms. The zero-order valence-electron chi connectivity index (χ0n) is 16.4. The molecule has 0 radical (unpaired) electrons. The SMILES string of the molecule is Cc1nc2nc(C(F)(F)F)nn2c(C)c1CCC(=O)OCc1cc(-c2ccco2)on1. The van der Waals surface area contributed by atoms with Crippen molar-refractivity contribution in [2.24, 2.45) is 0 Å². The second-order valence-corrected chi connectivity index (χ2v) is 6.73. The average Bonchev–Trinajstić information content (AvgIpc) is 3.44. The molecule has 4 aromatic rings. The third kappa shape index (κ3) is 4.27. The summed E-state index contributed by atoms with van der Waals surface area (Å²) in [6.45, 7) is 3.15. The first kappa shape index (κ1) is 20.6. The van der Waals surface area contributed by atoms with E-state index in [1.165, 1.54) is 6.26 Å². The summed E-state index contributed by atoms with van der Waals surface area (Å²) in [5, 5.41) is 7.30. The van der Waals surface area contributed by atoms with Crippen LogP contribution in [0.4, 0.5) is 13.2 Å². The summed E-state index contributed by atoms with van der Waals surface area (Å²) in [5.74, 6) is -1.00. The van der Waals surface area contributed by atoms with E-state index in [2.05, 4.69) is 20.2 Å². The highest BCUT2D eigenvalue weighted by molar-refractivity contribution is 5.69. The predicted molar refractivity (Wildman–Crippen MR) is 97.6 cm³/mol. The largest absolute Gasteiger partial charge is 0.461 e. The molecule has 0 amide bonds. The summed E-state index contributed by atoms with van der Waals surface area (Å²) in [6, 6.07) is 5.01. The fourth-order valence-electron chi connectivity index (χ4n) is 3.06. The molecular formula is C19H16F3N5O4. The second kappa shape index (κ2) is 7.85. The van der Waals surface area contributed by atoms with Crippen LogP contribution >= 0.6 is 0 Å². The number of carbonyl (C=O) groups is 1.